The smallest absolute Gasteiger partial charge is 0.255 e. The number of amides is 1. The molecule has 106 valence electrons. The molecule has 0 radical (unpaired) electrons. The normalized spacial score (nSPS) is 10.2. The van der Waals surface area contributed by atoms with Crippen molar-refractivity contribution in [3.05, 3.63) is 23.8 Å². The number of methoxy groups -OCH3 is 2. The summed E-state index contributed by atoms with van der Waals surface area (Å²) < 4.78 is 15.5. The molecule has 3 N–H and O–H groups in total. The maximum absolute atomic E-state index is 10.7. The first-order valence-corrected chi connectivity index (χ1v) is 5.95. The van der Waals surface area contributed by atoms with Crippen LogP contribution in [0.15, 0.2) is 18.2 Å². The number of nitrogens with two attached hydrogens (primary N) is 1. The first-order chi connectivity index (χ1) is 9.17. The number of hydrogen-bond donors (Lipinski definition) is 2. The molecule has 0 aromatic heterocycles. The van der Waals surface area contributed by atoms with Gasteiger partial charge in [-0.1, -0.05) is 0 Å². The lowest BCUT2D eigenvalue weighted by Gasteiger charge is -2.12. The van der Waals surface area contributed by atoms with Gasteiger partial charge >= 0.3 is 0 Å². The van der Waals surface area contributed by atoms with Crippen molar-refractivity contribution in [2.45, 2.75) is 6.54 Å². The highest BCUT2D eigenvalue weighted by molar-refractivity contribution is 5.75. The SMILES string of the molecule is COCCNCc1cc(OC)ccc1OCC(N)=O. The summed E-state index contributed by atoms with van der Waals surface area (Å²) in [5.74, 6) is 0.841. The van der Waals surface area contributed by atoms with Crippen LogP contribution in [-0.2, 0) is 16.1 Å². The number of benzene rings is 1. The highest BCUT2D eigenvalue weighted by atomic mass is 16.5. The molecule has 19 heavy (non-hydrogen) atoms. The minimum absolute atomic E-state index is 0.141. The van der Waals surface area contributed by atoms with Gasteiger partial charge in [0, 0.05) is 25.8 Å². The summed E-state index contributed by atoms with van der Waals surface area (Å²) in [4.78, 5) is 10.7. The highest BCUT2D eigenvalue weighted by Crippen LogP contribution is 2.24. The zero-order valence-electron chi connectivity index (χ0n) is 11.3. The van der Waals surface area contributed by atoms with Gasteiger partial charge in [-0.2, -0.15) is 0 Å². The van der Waals surface area contributed by atoms with E-state index in [0.29, 0.717) is 18.9 Å². The van der Waals surface area contributed by atoms with E-state index in [1.807, 2.05) is 6.07 Å². The summed E-state index contributed by atoms with van der Waals surface area (Å²) >= 11 is 0. The van der Waals surface area contributed by atoms with Gasteiger partial charge < -0.3 is 25.3 Å². The number of nitrogens with one attached hydrogen (secondary N) is 1. The molecule has 0 aliphatic rings. The molecule has 0 fully saturated rings. The first kappa shape index (κ1) is 15.3. The van der Waals surface area contributed by atoms with E-state index >= 15 is 0 Å². The number of hydrogen-bond acceptors (Lipinski definition) is 5. The first-order valence-electron chi connectivity index (χ1n) is 5.95. The molecule has 1 amide bonds. The van der Waals surface area contributed by atoms with Crippen LogP contribution in [0.1, 0.15) is 5.56 Å². The molecule has 1 aromatic carbocycles. The Morgan fingerprint density at radius 3 is 2.79 bits per heavy atom. The molecule has 0 saturated carbocycles. The van der Waals surface area contributed by atoms with Crippen LogP contribution in [0, 0.1) is 0 Å². The third-order valence-electron chi connectivity index (χ3n) is 2.44. The maximum Gasteiger partial charge on any atom is 0.255 e. The number of carbonyl (C=O) groups excluding carboxylic acids is 1. The number of carbonyl (C=O) groups is 1. The number of primary amides is 1. The van der Waals surface area contributed by atoms with Crippen molar-refractivity contribution in [1.29, 1.82) is 0 Å². The van der Waals surface area contributed by atoms with Gasteiger partial charge in [-0.3, -0.25) is 4.79 Å². The summed E-state index contributed by atoms with van der Waals surface area (Å²) in [6.07, 6.45) is 0. The number of rotatable bonds is 9. The van der Waals surface area contributed by atoms with Gasteiger partial charge in [0.2, 0.25) is 0 Å². The van der Waals surface area contributed by atoms with Crippen molar-refractivity contribution in [1.82, 2.24) is 5.32 Å². The van der Waals surface area contributed by atoms with Gasteiger partial charge in [-0.05, 0) is 18.2 Å². The average molecular weight is 268 g/mol. The standard InChI is InChI=1S/C13H20N2O4/c1-17-6-5-15-8-10-7-11(18-2)3-4-12(10)19-9-13(14)16/h3-4,7,15H,5-6,8-9H2,1-2H3,(H2,14,16). The molecule has 6 nitrogen and oxygen atoms in total. The van der Waals surface area contributed by atoms with Gasteiger partial charge in [0.1, 0.15) is 11.5 Å². The Balaban J connectivity index is 2.68. The van der Waals surface area contributed by atoms with Crippen LogP contribution in [0.2, 0.25) is 0 Å². The van der Waals surface area contributed by atoms with Crippen LogP contribution in [0.4, 0.5) is 0 Å². The summed E-state index contributed by atoms with van der Waals surface area (Å²) in [5, 5.41) is 3.21. The van der Waals surface area contributed by atoms with Crippen LogP contribution in [0.5, 0.6) is 11.5 Å². The molecule has 0 unspecified atom stereocenters. The van der Waals surface area contributed by atoms with Gasteiger partial charge in [0.15, 0.2) is 6.61 Å². The second-order valence-corrected chi connectivity index (χ2v) is 3.90. The Morgan fingerprint density at radius 1 is 1.37 bits per heavy atom. The van der Waals surface area contributed by atoms with Gasteiger partial charge in [-0.25, -0.2) is 0 Å². The van der Waals surface area contributed by atoms with E-state index in [9.17, 15) is 4.79 Å². The van der Waals surface area contributed by atoms with E-state index in [4.69, 9.17) is 19.9 Å². The third kappa shape index (κ3) is 5.58. The van der Waals surface area contributed by atoms with Gasteiger partial charge in [0.25, 0.3) is 5.91 Å². The second kappa shape index (κ2) is 8.34. The zero-order chi connectivity index (χ0) is 14.1. The Hall–Kier alpha value is -1.79. The Labute approximate surface area is 112 Å². The fourth-order valence-corrected chi connectivity index (χ4v) is 1.51. The van der Waals surface area contributed by atoms with Crippen LogP contribution >= 0.6 is 0 Å². The molecule has 6 heteroatoms. The maximum atomic E-state index is 10.7. The quantitative estimate of drug-likeness (QED) is 0.629. The van der Waals surface area contributed by atoms with Crippen molar-refractivity contribution in [2.75, 3.05) is 34.0 Å². The molecule has 0 spiro atoms. The van der Waals surface area contributed by atoms with Crippen molar-refractivity contribution in [3.63, 3.8) is 0 Å². The summed E-state index contributed by atoms with van der Waals surface area (Å²) in [6, 6.07) is 5.39. The van der Waals surface area contributed by atoms with Crippen LogP contribution < -0.4 is 20.5 Å². The van der Waals surface area contributed by atoms with E-state index in [2.05, 4.69) is 5.32 Å². The van der Waals surface area contributed by atoms with Crippen LogP contribution in [0.25, 0.3) is 0 Å². The minimum Gasteiger partial charge on any atom is -0.497 e. The van der Waals surface area contributed by atoms with Crippen molar-refractivity contribution >= 4 is 5.91 Å². The predicted molar refractivity (Wildman–Crippen MR) is 71.3 cm³/mol. The van der Waals surface area contributed by atoms with Gasteiger partial charge in [-0.15, -0.1) is 0 Å². The molecule has 1 rings (SSSR count). The summed E-state index contributed by atoms with van der Waals surface area (Å²) in [6.45, 7) is 1.80. The van der Waals surface area contributed by atoms with E-state index in [0.717, 1.165) is 17.9 Å². The monoisotopic (exact) mass is 268 g/mol. The molecule has 0 aliphatic carbocycles. The van der Waals surface area contributed by atoms with E-state index in [1.54, 1.807) is 26.4 Å². The lowest BCUT2D eigenvalue weighted by atomic mass is 10.2. The summed E-state index contributed by atoms with van der Waals surface area (Å²) in [7, 11) is 3.25. The largest absolute Gasteiger partial charge is 0.497 e. The van der Waals surface area contributed by atoms with Crippen molar-refractivity contribution in [3.8, 4) is 11.5 Å². The number of ether oxygens (including phenoxy) is 3. The second-order valence-electron chi connectivity index (χ2n) is 3.90. The topological polar surface area (TPSA) is 82.8 Å². The molecule has 1 aromatic rings. The van der Waals surface area contributed by atoms with Crippen LogP contribution in [-0.4, -0.2) is 39.9 Å². The fourth-order valence-electron chi connectivity index (χ4n) is 1.51. The zero-order valence-corrected chi connectivity index (χ0v) is 11.3. The fraction of sp³-hybridized carbons (Fsp3) is 0.462. The molecule has 0 aliphatic heterocycles. The van der Waals surface area contributed by atoms with E-state index < -0.39 is 5.91 Å². The lowest BCUT2D eigenvalue weighted by Crippen LogP contribution is -2.22. The third-order valence-corrected chi connectivity index (χ3v) is 2.44. The van der Waals surface area contributed by atoms with Gasteiger partial charge in [0.05, 0.1) is 13.7 Å². The highest BCUT2D eigenvalue weighted by Gasteiger charge is 2.07. The van der Waals surface area contributed by atoms with Crippen molar-refractivity contribution < 1.29 is 19.0 Å². The van der Waals surface area contributed by atoms with E-state index in [-0.39, 0.29) is 6.61 Å². The summed E-state index contributed by atoms with van der Waals surface area (Å²) in [5.41, 5.74) is 5.97. The van der Waals surface area contributed by atoms with Crippen molar-refractivity contribution in [2.24, 2.45) is 5.73 Å². The molecule has 0 saturated heterocycles. The predicted octanol–water partition coefficient (Wildman–Crippen LogP) is 0.295. The molecule has 0 atom stereocenters. The Morgan fingerprint density at radius 2 is 2.16 bits per heavy atom. The molecular weight excluding hydrogens is 248 g/mol. The average Bonchev–Trinajstić information content (AvgIpc) is 2.41. The molecule has 0 bridgehead atoms. The Bertz CT molecular complexity index is 410. The van der Waals surface area contributed by atoms with Crippen LogP contribution in [0.3, 0.4) is 0 Å². The van der Waals surface area contributed by atoms with E-state index in [1.165, 1.54) is 0 Å². The molecule has 0 heterocycles. The molecular formula is C13H20N2O4. The Kier molecular flexibility index (Phi) is 6.70. The minimum atomic E-state index is -0.505. The lowest BCUT2D eigenvalue weighted by molar-refractivity contribution is -0.119.